The standard InChI is InChI=1S/C12H18N2O3/c13-6-2-1-3-7-14-12(17)10-8-9(15)4-5-11(10)16/h4-5,8,15-16H,1-3,6-7,13H2,(H,14,17). The zero-order valence-corrected chi connectivity index (χ0v) is 9.65. The summed E-state index contributed by atoms with van der Waals surface area (Å²) in [5.41, 5.74) is 5.44. The number of nitrogens with two attached hydrogens (primary N) is 1. The van der Waals surface area contributed by atoms with E-state index in [1.807, 2.05) is 0 Å². The van der Waals surface area contributed by atoms with Gasteiger partial charge in [-0.25, -0.2) is 0 Å². The number of phenols is 2. The zero-order chi connectivity index (χ0) is 12.7. The van der Waals surface area contributed by atoms with Crippen molar-refractivity contribution in [2.24, 2.45) is 5.73 Å². The maximum Gasteiger partial charge on any atom is 0.255 e. The summed E-state index contributed by atoms with van der Waals surface area (Å²) in [4.78, 5) is 11.6. The summed E-state index contributed by atoms with van der Waals surface area (Å²) in [5.74, 6) is -0.565. The van der Waals surface area contributed by atoms with Gasteiger partial charge in [0.15, 0.2) is 0 Å². The second-order valence-corrected chi connectivity index (χ2v) is 3.81. The summed E-state index contributed by atoms with van der Waals surface area (Å²) in [6, 6.07) is 3.86. The van der Waals surface area contributed by atoms with E-state index in [0.29, 0.717) is 13.1 Å². The third-order valence-corrected chi connectivity index (χ3v) is 2.39. The number of hydrogen-bond donors (Lipinski definition) is 4. The molecule has 0 atom stereocenters. The lowest BCUT2D eigenvalue weighted by molar-refractivity contribution is 0.0950. The molecule has 5 heteroatoms. The number of aromatic hydroxyl groups is 2. The molecule has 0 saturated carbocycles. The van der Waals surface area contributed by atoms with Gasteiger partial charge in [0.2, 0.25) is 0 Å². The number of carbonyl (C=O) groups is 1. The molecule has 0 aromatic heterocycles. The van der Waals surface area contributed by atoms with Crippen molar-refractivity contribution in [2.75, 3.05) is 13.1 Å². The van der Waals surface area contributed by atoms with Gasteiger partial charge in [-0.15, -0.1) is 0 Å². The highest BCUT2D eigenvalue weighted by molar-refractivity contribution is 5.97. The molecule has 94 valence electrons. The predicted molar refractivity (Wildman–Crippen MR) is 65.0 cm³/mol. The van der Waals surface area contributed by atoms with Gasteiger partial charge in [-0.3, -0.25) is 4.79 Å². The van der Waals surface area contributed by atoms with Crippen LogP contribution < -0.4 is 11.1 Å². The summed E-state index contributed by atoms with van der Waals surface area (Å²) >= 11 is 0. The molecule has 0 saturated heterocycles. The molecule has 5 N–H and O–H groups in total. The van der Waals surface area contributed by atoms with Crippen LogP contribution in [0.3, 0.4) is 0 Å². The first-order valence-electron chi connectivity index (χ1n) is 5.65. The molecular weight excluding hydrogens is 220 g/mol. The number of benzene rings is 1. The van der Waals surface area contributed by atoms with Crippen molar-refractivity contribution in [1.82, 2.24) is 5.32 Å². The fourth-order valence-corrected chi connectivity index (χ4v) is 1.45. The molecule has 1 aromatic carbocycles. The van der Waals surface area contributed by atoms with Crippen molar-refractivity contribution < 1.29 is 15.0 Å². The number of amides is 1. The van der Waals surface area contributed by atoms with Crippen LogP contribution in [0.25, 0.3) is 0 Å². The maximum absolute atomic E-state index is 11.6. The second-order valence-electron chi connectivity index (χ2n) is 3.81. The fraction of sp³-hybridized carbons (Fsp3) is 0.417. The first-order valence-corrected chi connectivity index (χ1v) is 5.65. The number of phenolic OH excluding ortho intramolecular Hbond substituents is 2. The highest BCUT2D eigenvalue weighted by Gasteiger charge is 2.10. The van der Waals surface area contributed by atoms with Gasteiger partial charge in [-0.05, 0) is 37.6 Å². The Labute approximate surface area is 100 Å². The molecule has 5 nitrogen and oxygen atoms in total. The first-order chi connectivity index (χ1) is 8.15. The smallest absolute Gasteiger partial charge is 0.255 e. The molecule has 17 heavy (non-hydrogen) atoms. The number of rotatable bonds is 6. The van der Waals surface area contributed by atoms with E-state index < -0.39 is 0 Å². The van der Waals surface area contributed by atoms with Gasteiger partial charge in [0.1, 0.15) is 11.5 Å². The van der Waals surface area contributed by atoms with Crippen LogP contribution in [0.5, 0.6) is 11.5 Å². The van der Waals surface area contributed by atoms with E-state index in [4.69, 9.17) is 5.73 Å². The van der Waals surface area contributed by atoms with E-state index in [-0.39, 0.29) is 23.0 Å². The number of hydrogen-bond acceptors (Lipinski definition) is 4. The summed E-state index contributed by atoms with van der Waals surface area (Å²) in [6.45, 7) is 1.19. The van der Waals surface area contributed by atoms with E-state index in [9.17, 15) is 15.0 Å². The van der Waals surface area contributed by atoms with Crippen LogP contribution in [0.2, 0.25) is 0 Å². The molecule has 0 heterocycles. The van der Waals surface area contributed by atoms with Crippen LogP contribution in [0, 0.1) is 0 Å². The molecule has 1 amide bonds. The SMILES string of the molecule is NCCCCCNC(=O)c1cc(O)ccc1O. The van der Waals surface area contributed by atoms with Crippen molar-refractivity contribution in [1.29, 1.82) is 0 Å². The number of carbonyl (C=O) groups excluding carboxylic acids is 1. The highest BCUT2D eigenvalue weighted by atomic mass is 16.3. The van der Waals surface area contributed by atoms with Gasteiger partial charge in [0.25, 0.3) is 5.91 Å². The molecular formula is C12H18N2O3. The molecule has 0 aliphatic carbocycles. The van der Waals surface area contributed by atoms with Crippen LogP contribution in [0.1, 0.15) is 29.6 Å². The predicted octanol–water partition coefficient (Wildman–Crippen LogP) is 0.957. The summed E-state index contributed by atoms with van der Waals surface area (Å²) < 4.78 is 0. The van der Waals surface area contributed by atoms with Crippen molar-refractivity contribution in [3.8, 4) is 11.5 Å². The Hall–Kier alpha value is -1.75. The van der Waals surface area contributed by atoms with Crippen LogP contribution >= 0.6 is 0 Å². The van der Waals surface area contributed by atoms with Crippen molar-refractivity contribution in [3.63, 3.8) is 0 Å². The first kappa shape index (κ1) is 13.3. The average molecular weight is 238 g/mol. The van der Waals surface area contributed by atoms with Crippen LogP contribution in [-0.2, 0) is 0 Å². The van der Waals surface area contributed by atoms with E-state index in [1.165, 1.54) is 18.2 Å². The van der Waals surface area contributed by atoms with Gasteiger partial charge in [-0.2, -0.15) is 0 Å². The lowest BCUT2D eigenvalue weighted by atomic mass is 10.1. The topological polar surface area (TPSA) is 95.6 Å². The van der Waals surface area contributed by atoms with Gasteiger partial charge in [-0.1, -0.05) is 6.42 Å². The Kier molecular flexibility index (Phi) is 5.29. The van der Waals surface area contributed by atoms with Crippen molar-refractivity contribution in [2.45, 2.75) is 19.3 Å². The third kappa shape index (κ3) is 4.32. The summed E-state index contributed by atoms with van der Waals surface area (Å²) in [5, 5.41) is 21.4. The van der Waals surface area contributed by atoms with Gasteiger partial charge < -0.3 is 21.3 Å². The maximum atomic E-state index is 11.6. The van der Waals surface area contributed by atoms with Gasteiger partial charge >= 0.3 is 0 Å². The fourth-order valence-electron chi connectivity index (χ4n) is 1.45. The Morgan fingerprint density at radius 3 is 2.71 bits per heavy atom. The average Bonchev–Trinajstić information content (AvgIpc) is 2.32. The molecule has 1 aromatic rings. The summed E-state index contributed by atoms with van der Waals surface area (Å²) in [7, 11) is 0. The molecule has 0 spiro atoms. The largest absolute Gasteiger partial charge is 0.508 e. The van der Waals surface area contributed by atoms with Crippen molar-refractivity contribution in [3.05, 3.63) is 23.8 Å². The van der Waals surface area contributed by atoms with Crippen LogP contribution in [0.4, 0.5) is 0 Å². The molecule has 0 aliphatic rings. The van der Waals surface area contributed by atoms with E-state index >= 15 is 0 Å². The Morgan fingerprint density at radius 1 is 1.24 bits per heavy atom. The molecule has 0 fully saturated rings. The normalized spacial score (nSPS) is 10.2. The molecule has 0 unspecified atom stereocenters. The molecule has 1 rings (SSSR count). The van der Waals surface area contributed by atoms with E-state index in [2.05, 4.69) is 5.32 Å². The highest BCUT2D eigenvalue weighted by Crippen LogP contribution is 2.21. The zero-order valence-electron chi connectivity index (χ0n) is 9.65. The third-order valence-electron chi connectivity index (χ3n) is 2.39. The molecule has 0 radical (unpaired) electrons. The van der Waals surface area contributed by atoms with E-state index in [0.717, 1.165) is 19.3 Å². The van der Waals surface area contributed by atoms with Gasteiger partial charge in [0, 0.05) is 6.54 Å². The Balaban J connectivity index is 2.44. The summed E-state index contributed by atoms with van der Waals surface area (Å²) in [6.07, 6.45) is 2.75. The van der Waals surface area contributed by atoms with E-state index in [1.54, 1.807) is 0 Å². The minimum atomic E-state index is -0.383. The Bertz CT molecular complexity index is 380. The molecule has 0 bridgehead atoms. The second kappa shape index (κ2) is 6.75. The number of unbranched alkanes of at least 4 members (excludes halogenated alkanes) is 2. The minimum absolute atomic E-state index is 0.0453. The Morgan fingerprint density at radius 2 is 2.00 bits per heavy atom. The lowest BCUT2D eigenvalue weighted by Gasteiger charge is -2.07. The van der Waals surface area contributed by atoms with Crippen LogP contribution in [-0.4, -0.2) is 29.2 Å². The van der Waals surface area contributed by atoms with Crippen molar-refractivity contribution >= 4 is 5.91 Å². The lowest BCUT2D eigenvalue weighted by Crippen LogP contribution is -2.24. The minimum Gasteiger partial charge on any atom is -0.508 e. The van der Waals surface area contributed by atoms with Crippen LogP contribution in [0.15, 0.2) is 18.2 Å². The monoisotopic (exact) mass is 238 g/mol. The molecule has 0 aliphatic heterocycles. The van der Waals surface area contributed by atoms with Gasteiger partial charge in [0.05, 0.1) is 5.56 Å². The quantitative estimate of drug-likeness (QED) is 0.438. The number of nitrogens with one attached hydrogen (secondary N) is 1.